The molecule has 174 valence electrons. The second-order valence-corrected chi connectivity index (χ2v) is 7.58. The molecule has 0 aliphatic rings. The van der Waals surface area contributed by atoms with Crippen molar-refractivity contribution in [2.75, 3.05) is 6.61 Å². The minimum atomic E-state index is -4.40. The molecule has 0 bridgehead atoms. The zero-order valence-corrected chi connectivity index (χ0v) is 18.3. The van der Waals surface area contributed by atoms with Crippen LogP contribution >= 0.6 is 0 Å². The third-order valence-corrected chi connectivity index (χ3v) is 5.25. The van der Waals surface area contributed by atoms with Crippen molar-refractivity contribution < 1.29 is 27.4 Å². The summed E-state index contributed by atoms with van der Waals surface area (Å²) in [5.74, 6) is 1.36. The second kappa shape index (κ2) is 9.97. The highest BCUT2D eigenvalue weighted by Crippen LogP contribution is 2.31. The largest absolute Gasteiger partial charge is 0.487 e. The van der Waals surface area contributed by atoms with E-state index in [0.717, 1.165) is 28.8 Å². The topological polar surface area (TPSA) is 55.5 Å². The summed E-state index contributed by atoms with van der Waals surface area (Å²) >= 11 is 0. The Hall–Kier alpha value is -3.84. The first-order chi connectivity index (χ1) is 16.3. The monoisotopic (exact) mass is 465 g/mol. The Morgan fingerprint density at radius 1 is 0.971 bits per heavy atom. The van der Waals surface area contributed by atoms with Crippen LogP contribution in [0.15, 0.2) is 89.4 Å². The van der Waals surface area contributed by atoms with Gasteiger partial charge in [-0.3, -0.25) is 0 Å². The van der Waals surface area contributed by atoms with Gasteiger partial charge in [0.2, 0.25) is 5.89 Å². The van der Waals surface area contributed by atoms with E-state index in [2.05, 4.69) is 4.98 Å². The molecule has 7 heteroatoms. The lowest BCUT2D eigenvalue weighted by molar-refractivity contribution is -0.137. The molecule has 0 amide bonds. The first-order valence-corrected chi connectivity index (χ1v) is 10.6. The Kier molecular flexibility index (Phi) is 6.84. The molecule has 0 fully saturated rings. The van der Waals surface area contributed by atoms with Gasteiger partial charge in [-0.2, -0.15) is 13.2 Å². The van der Waals surface area contributed by atoms with Crippen LogP contribution in [0.4, 0.5) is 13.2 Å². The van der Waals surface area contributed by atoms with E-state index >= 15 is 0 Å². The quantitative estimate of drug-likeness (QED) is 0.331. The molecular formula is C27H22F3NO3. The number of aliphatic hydroxyl groups excluding tert-OH is 1. The molecule has 4 nitrogen and oxygen atoms in total. The predicted octanol–water partition coefficient (Wildman–Crippen LogP) is 6.67. The maximum atomic E-state index is 12.8. The molecule has 0 saturated carbocycles. The average molecular weight is 465 g/mol. The van der Waals surface area contributed by atoms with Crippen molar-refractivity contribution in [2.45, 2.75) is 19.7 Å². The highest BCUT2D eigenvalue weighted by atomic mass is 19.4. The first-order valence-electron chi connectivity index (χ1n) is 10.6. The van der Waals surface area contributed by atoms with Gasteiger partial charge in [-0.05, 0) is 60.0 Å². The van der Waals surface area contributed by atoms with Crippen LogP contribution in [0.2, 0.25) is 0 Å². The van der Waals surface area contributed by atoms with Crippen molar-refractivity contribution in [3.05, 3.63) is 113 Å². The molecule has 1 heterocycles. The Balaban J connectivity index is 1.50. The molecule has 0 unspecified atom stereocenters. The standard InChI is InChI=1S/C27H22F3NO3/c1-18-25(31-26(34-18)20-10-12-22(13-11-20)27(28,29)30)17-33-23-9-5-8-21(16-23)24(14-15-32)19-6-3-2-4-7-19/h2-14,16,32H,15,17H2,1H3/b24-14+. The zero-order chi connectivity index (χ0) is 24.1. The summed E-state index contributed by atoms with van der Waals surface area (Å²) in [6.45, 7) is 1.76. The molecule has 0 aliphatic carbocycles. The van der Waals surface area contributed by atoms with E-state index in [-0.39, 0.29) is 19.1 Å². The second-order valence-electron chi connectivity index (χ2n) is 7.58. The van der Waals surface area contributed by atoms with Crippen LogP contribution in [0.5, 0.6) is 5.75 Å². The van der Waals surface area contributed by atoms with E-state index in [1.54, 1.807) is 13.0 Å². The van der Waals surface area contributed by atoms with Gasteiger partial charge in [-0.1, -0.05) is 48.5 Å². The van der Waals surface area contributed by atoms with Crippen LogP contribution in [-0.2, 0) is 12.8 Å². The fourth-order valence-corrected chi connectivity index (χ4v) is 3.50. The number of rotatable bonds is 7. The maximum absolute atomic E-state index is 12.8. The van der Waals surface area contributed by atoms with Gasteiger partial charge in [-0.25, -0.2) is 4.98 Å². The van der Waals surface area contributed by atoms with Gasteiger partial charge in [0.25, 0.3) is 0 Å². The third kappa shape index (κ3) is 5.38. The number of nitrogens with zero attached hydrogens (tertiary/aromatic N) is 1. The molecule has 1 N–H and O–H groups in total. The van der Waals surface area contributed by atoms with Gasteiger partial charge in [-0.15, -0.1) is 0 Å². The van der Waals surface area contributed by atoms with Crippen LogP contribution in [0.25, 0.3) is 17.0 Å². The molecular weight excluding hydrogens is 443 g/mol. The van der Waals surface area contributed by atoms with E-state index in [4.69, 9.17) is 9.15 Å². The van der Waals surface area contributed by atoms with E-state index in [0.29, 0.717) is 22.8 Å². The van der Waals surface area contributed by atoms with Crippen molar-refractivity contribution in [1.29, 1.82) is 0 Å². The number of ether oxygens (including phenoxy) is 1. The summed E-state index contributed by atoms with van der Waals surface area (Å²) in [5, 5.41) is 9.48. The van der Waals surface area contributed by atoms with Gasteiger partial charge >= 0.3 is 6.18 Å². The molecule has 0 aliphatic heterocycles. The van der Waals surface area contributed by atoms with Crippen LogP contribution in [0, 0.1) is 6.92 Å². The number of halogens is 3. The molecule has 4 aromatic rings. The van der Waals surface area contributed by atoms with Crippen molar-refractivity contribution in [3.8, 4) is 17.2 Å². The third-order valence-electron chi connectivity index (χ3n) is 5.25. The van der Waals surface area contributed by atoms with E-state index < -0.39 is 11.7 Å². The predicted molar refractivity (Wildman–Crippen MR) is 123 cm³/mol. The first kappa shape index (κ1) is 23.3. The minimum absolute atomic E-state index is 0.0971. The van der Waals surface area contributed by atoms with Gasteiger partial charge < -0.3 is 14.3 Å². The SMILES string of the molecule is Cc1oc(-c2ccc(C(F)(F)F)cc2)nc1COc1cccc(/C(=C/CO)c2ccccc2)c1. The van der Waals surface area contributed by atoms with Gasteiger partial charge in [0.05, 0.1) is 12.2 Å². The van der Waals surface area contributed by atoms with Crippen LogP contribution < -0.4 is 4.74 Å². The molecule has 34 heavy (non-hydrogen) atoms. The fourth-order valence-electron chi connectivity index (χ4n) is 3.50. The normalized spacial score (nSPS) is 12.1. The number of aliphatic hydroxyl groups is 1. The van der Waals surface area contributed by atoms with Gasteiger partial charge in [0.15, 0.2) is 0 Å². The van der Waals surface area contributed by atoms with Crippen molar-refractivity contribution in [1.82, 2.24) is 4.98 Å². The van der Waals surface area contributed by atoms with Crippen LogP contribution in [-0.4, -0.2) is 16.7 Å². The van der Waals surface area contributed by atoms with E-state index in [9.17, 15) is 18.3 Å². The highest BCUT2D eigenvalue weighted by Gasteiger charge is 2.30. The van der Waals surface area contributed by atoms with Gasteiger partial charge in [0.1, 0.15) is 23.8 Å². The fraction of sp³-hybridized carbons (Fsp3) is 0.148. The number of aryl methyl sites for hydroxylation is 1. The maximum Gasteiger partial charge on any atom is 0.416 e. The number of aromatic nitrogens is 1. The summed E-state index contributed by atoms with van der Waals surface area (Å²) in [5.41, 5.74) is 3.02. The molecule has 3 aromatic carbocycles. The van der Waals surface area contributed by atoms with Gasteiger partial charge in [0, 0.05) is 5.56 Å². The summed E-state index contributed by atoms with van der Waals surface area (Å²) in [7, 11) is 0. The van der Waals surface area contributed by atoms with E-state index in [1.165, 1.54) is 12.1 Å². The lowest BCUT2D eigenvalue weighted by atomic mass is 9.97. The zero-order valence-electron chi connectivity index (χ0n) is 18.3. The van der Waals surface area contributed by atoms with Crippen LogP contribution in [0.3, 0.4) is 0 Å². The number of hydrogen-bond donors (Lipinski definition) is 1. The molecule has 0 radical (unpaired) electrons. The molecule has 0 spiro atoms. The molecule has 4 rings (SSSR count). The molecule has 1 aromatic heterocycles. The van der Waals surface area contributed by atoms with Crippen molar-refractivity contribution >= 4 is 5.57 Å². The van der Waals surface area contributed by atoms with Crippen LogP contribution in [0.1, 0.15) is 28.1 Å². The summed E-state index contributed by atoms with van der Waals surface area (Å²) < 4.78 is 50.0. The Bertz CT molecular complexity index is 1280. The number of hydrogen-bond acceptors (Lipinski definition) is 4. The lowest BCUT2D eigenvalue weighted by Gasteiger charge is -2.11. The summed E-state index contributed by atoms with van der Waals surface area (Å²) in [6, 6.07) is 21.9. The smallest absolute Gasteiger partial charge is 0.416 e. The molecule has 0 atom stereocenters. The number of oxazole rings is 1. The number of alkyl halides is 3. The Labute approximate surface area is 195 Å². The summed E-state index contributed by atoms with van der Waals surface area (Å²) in [4.78, 5) is 4.40. The van der Waals surface area contributed by atoms with Crippen molar-refractivity contribution in [2.24, 2.45) is 0 Å². The minimum Gasteiger partial charge on any atom is -0.487 e. The Morgan fingerprint density at radius 3 is 2.35 bits per heavy atom. The van der Waals surface area contributed by atoms with Crippen molar-refractivity contribution in [3.63, 3.8) is 0 Å². The Morgan fingerprint density at radius 2 is 1.68 bits per heavy atom. The summed E-state index contributed by atoms with van der Waals surface area (Å²) in [6.07, 6.45) is -2.65. The number of benzene rings is 3. The lowest BCUT2D eigenvalue weighted by Crippen LogP contribution is -2.04. The molecule has 0 saturated heterocycles. The average Bonchev–Trinajstić information content (AvgIpc) is 3.22. The highest BCUT2D eigenvalue weighted by molar-refractivity contribution is 5.80. The van der Waals surface area contributed by atoms with E-state index in [1.807, 2.05) is 54.6 Å².